The molecule has 0 bridgehead atoms. The SMILES string of the molecule is CC(C)(C)c1ccc2ccnc(N3CCCNCC3)c2c1. The van der Waals surface area contributed by atoms with Crippen molar-refractivity contribution in [2.24, 2.45) is 0 Å². The van der Waals surface area contributed by atoms with Crippen LogP contribution in [0.5, 0.6) is 0 Å². The number of nitrogens with zero attached hydrogens (tertiary/aromatic N) is 2. The number of pyridine rings is 1. The predicted octanol–water partition coefficient (Wildman–Crippen LogP) is 3.33. The van der Waals surface area contributed by atoms with Crippen LogP contribution in [-0.4, -0.2) is 31.2 Å². The highest BCUT2D eigenvalue weighted by Gasteiger charge is 2.17. The second kappa shape index (κ2) is 5.64. The second-order valence-electron chi connectivity index (χ2n) is 6.91. The summed E-state index contributed by atoms with van der Waals surface area (Å²) >= 11 is 0. The maximum atomic E-state index is 4.69. The number of nitrogens with one attached hydrogen (secondary N) is 1. The lowest BCUT2D eigenvalue weighted by Gasteiger charge is -2.24. The van der Waals surface area contributed by atoms with E-state index in [4.69, 9.17) is 4.98 Å². The van der Waals surface area contributed by atoms with Gasteiger partial charge >= 0.3 is 0 Å². The van der Waals surface area contributed by atoms with Gasteiger partial charge in [-0.3, -0.25) is 0 Å². The fourth-order valence-electron chi connectivity index (χ4n) is 2.93. The minimum atomic E-state index is 0.168. The van der Waals surface area contributed by atoms with Gasteiger partial charge in [0.05, 0.1) is 0 Å². The van der Waals surface area contributed by atoms with Gasteiger partial charge in [0, 0.05) is 31.2 Å². The topological polar surface area (TPSA) is 28.2 Å². The van der Waals surface area contributed by atoms with Gasteiger partial charge < -0.3 is 10.2 Å². The Morgan fingerprint density at radius 1 is 1.10 bits per heavy atom. The van der Waals surface area contributed by atoms with Crippen LogP contribution >= 0.6 is 0 Å². The van der Waals surface area contributed by atoms with Crippen molar-refractivity contribution in [3.63, 3.8) is 0 Å². The third-order valence-corrected chi connectivity index (χ3v) is 4.25. The minimum Gasteiger partial charge on any atom is -0.355 e. The number of benzene rings is 1. The average Bonchev–Trinajstić information content (AvgIpc) is 2.74. The number of hydrogen-bond acceptors (Lipinski definition) is 3. The summed E-state index contributed by atoms with van der Waals surface area (Å²) in [7, 11) is 0. The van der Waals surface area contributed by atoms with Crippen molar-refractivity contribution >= 4 is 16.6 Å². The molecular formula is C18H25N3. The van der Waals surface area contributed by atoms with Gasteiger partial charge in [0.25, 0.3) is 0 Å². The molecule has 1 aromatic carbocycles. The molecule has 0 unspecified atom stereocenters. The highest BCUT2D eigenvalue weighted by molar-refractivity contribution is 5.92. The second-order valence-corrected chi connectivity index (χ2v) is 6.91. The molecule has 0 saturated carbocycles. The van der Waals surface area contributed by atoms with Crippen molar-refractivity contribution in [2.75, 3.05) is 31.1 Å². The molecule has 112 valence electrons. The third kappa shape index (κ3) is 3.03. The Balaban J connectivity index is 2.08. The van der Waals surface area contributed by atoms with Crippen LogP contribution in [0.15, 0.2) is 30.5 Å². The standard InChI is InChI=1S/C18H25N3/c1-18(2,3)15-6-5-14-7-9-20-17(16(14)13-15)21-11-4-8-19-10-12-21/h5-7,9,13,19H,4,8,10-12H2,1-3H3. The Morgan fingerprint density at radius 3 is 2.76 bits per heavy atom. The monoisotopic (exact) mass is 283 g/mol. The van der Waals surface area contributed by atoms with Crippen molar-refractivity contribution in [1.82, 2.24) is 10.3 Å². The normalized spacial score (nSPS) is 17.0. The van der Waals surface area contributed by atoms with Crippen LogP contribution in [0, 0.1) is 0 Å². The van der Waals surface area contributed by atoms with E-state index < -0.39 is 0 Å². The molecule has 3 heteroatoms. The Labute approximate surface area is 127 Å². The molecule has 1 aromatic heterocycles. The van der Waals surface area contributed by atoms with Crippen molar-refractivity contribution in [1.29, 1.82) is 0 Å². The summed E-state index contributed by atoms with van der Waals surface area (Å²) in [6.07, 6.45) is 3.11. The number of anilines is 1. The first-order valence-corrected chi connectivity index (χ1v) is 7.91. The Kier molecular flexibility index (Phi) is 3.85. The van der Waals surface area contributed by atoms with E-state index in [2.05, 4.69) is 55.3 Å². The van der Waals surface area contributed by atoms with Crippen LogP contribution in [0.1, 0.15) is 32.8 Å². The molecule has 3 rings (SSSR count). The summed E-state index contributed by atoms with van der Waals surface area (Å²) in [6.45, 7) is 11.1. The zero-order valence-corrected chi connectivity index (χ0v) is 13.3. The van der Waals surface area contributed by atoms with Crippen LogP contribution < -0.4 is 10.2 Å². The largest absolute Gasteiger partial charge is 0.355 e. The lowest BCUT2D eigenvalue weighted by Crippen LogP contribution is -2.28. The van der Waals surface area contributed by atoms with Gasteiger partial charge in [-0.1, -0.05) is 32.9 Å². The van der Waals surface area contributed by atoms with E-state index in [0.717, 1.165) is 32.0 Å². The Hall–Kier alpha value is -1.61. The van der Waals surface area contributed by atoms with E-state index in [-0.39, 0.29) is 5.41 Å². The number of hydrogen-bond donors (Lipinski definition) is 1. The maximum absolute atomic E-state index is 4.69. The summed E-state index contributed by atoms with van der Waals surface area (Å²) in [5.74, 6) is 1.14. The molecule has 0 radical (unpaired) electrons. The quantitative estimate of drug-likeness (QED) is 0.870. The zero-order valence-electron chi connectivity index (χ0n) is 13.3. The third-order valence-electron chi connectivity index (χ3n) is 4.25. The summed E-state index contributed by atoms with van der Waals surface area (Å²) < 4.78 is 0. The van der Waals surface area contributed by atoms with Crippen molar-refractivity contribution in [2.45, 2.75) is 32.6 Å². The number of aromatic nitrogens is 1. The average molecular weight is 283 g/mol. The van der Waals surface area contributed by atoms with E-state index >= 15 is 0 Å². The maximum Gasteiger partial charge on any atom is 0.136 e. The molecule has 21 heavy (non-hydrogen) atoms. The van der Waals surface area contributed by atoms with Gasteiger partial charge in [0.1, 0.15) is 5.82 Å². The molecule has 2 aromatic rings. The predicted molar refractivity (Wildman–Crippen MR) is 90.1 cm³/mol. The van der Waals surface area contributed by atoms with Crippen LogP contribution in [0.4, 0.5) is 5.82 Å². The van der Waals surface area contributed by atoms with Crippen molar-refractivity contribution in [3.8, 4) is 0 Å². The van der Waals surface area contributed by atoms with Crippen LogP contribution in [0.25, 0.3) is 10.8 Å². The smallest absolute Gasteiger partial charge is 0.136 e. The molecule has 0 spiro atoms. The molecule has 3 nitrogen and oxygen atoms in total. The highest BCUT2D eigenvalue weighted by atomic mass is 15.2. The molecule has 1 N–H and O–H groups in total. The Bertz CT molecular complexity index is 620. The first-order valence-electron chi connectivity index (χ1n) is 7.91. The fraction of sp³-hybridized carbons (Fsp3) is 0.500. The lowest BCUT2D eigenvalue weighted by atomic mass is 9.86. The zero-order chi connectivity index (χ0) is 14.9. The molecular weight excluding hydrogens is 258 g/mol. The van der Waals surface area contributed by atoms with Crippen molar-refractivity contribution < 1.29 is 0 Å². The molecule has 1 fully saturated rings. The van der Waals surface area contributed by atoms with E-state index in [1.54, 1.807) is 0 Å². The lowest BCUT2D eigenvalue weighted by molar-refractivity contribution is 0.591. The number of rotatable bonds is 1. The molecule has 1 aliphatic rings. The van der Waals surface area contributed by atoms with E-state index in [1.807, 2.05) is 6.20 Å². The van der Waals surface area contributed by atoms with E-state index in [9.17, 15) is 0 Å². The molecule has 1 saturated heterocycles. The first-order chi connectivity index (χ1) is 10.1. The number of fused-ring (bicyclic) bond motifs is 1. The van der Waals surface area contributed by atoms with Gasteiger partial charge in [-0.25, -0.2) is 4.98 Å². The molecule has 1 aliphatic heterocycles. The highest BCUT2D eigenvalue weighted by Crippen LogP contribution is 2.30. The van der Waals surface area contributed by atoms with Gasteiger partial charge in [-0.05, 0) is 41.5 Å². The van der Waals surface area contributed by atoms with Gasteiger partial charge in [0.2, 0.25) is 0 Å². The summed E-state index contributed by atoms with van der Waals surface area (Å²) in [5.41, 5.74) is 1.54. The van der Waals surface area contributed by atoms with Gasteiger partial charge in [-0.2, -0.15) is 0 Å². The molecule has 2 heterocycles. The summed E-state index contributed by atoms with van der Waals surface area (Å²) in [4.78, 5) is 7.12. The van der Waals surface area contributed by atoms with Crippen LogP contribution in [-0.2, 0) is 5.41 Å². The molecule has 0 amide bonds. The van der Waals surface area contributed by atoms with Gasteiger partial charge in [-0.15, -0.1) is 0 Å². The van der Waals surface area contributed by atoms with Gasteiger partial charge in [0.15, 0.2) is 0 Å². The summed E-state index contributed by atoms with van der Waals surface area (Å²) in [5, 5.41) is 6.03. The summed E-state index contributed by atoms with van der Waals surface area (Å²) in [6, 6.07) is 8.92. The molecule has 0 aliphatic carbocycles. The minimum absolute atomic E-state index is 0.168. The van der Waals surface area contributed by atoms with E-state index in [0.29, 0.717) is 0 Å². The Morgan fingerprint density at radius 2 is 1.95 bits per heavy atom. The van der Waals surface area contributed by atoms with E-state index in [1.165, 1.54) is 22.8 Å². The van der Waals surface area contributed by atoms with Crippen molar-refractivity contribution in [3.05, 3.63) is 36.0 Å². The molecule has 0 atom stereocenters. The van der Waals surface area contributed by atoms with Crippen LogP contribution in [0.2, 0.25) is 0 Å². The first kappa shape index (κ1) is 14.3. The fourth-order valence-corrected chi connectivity index (χ4v) is 2.93. The van der Waals surface area contributed by atoms with Crippen LogP contribution in [0.3, 0.4) is 0 Å².